The number of hydrogen-bond donors (Lipinski definition) is 0. The minimum atomic E-state index is 0.819. The third kappa shape index (κ3) is 3.70. The van der Waals surface area contributed by atoms with Crippen molar-refractivity contribution in [1.82, 2.24) is 14.6 Å². The van der Waals surface area contributed by atoms with Crippen LogP contribution in [0, 0.1) is 19.8 Å². The molecule has 1 aromatic carbocycles. The molecule has 1 fully saturated rings. The molecule has 2 aromatic heterocycles. The maximum absolute atomic E-state index is 5.75. The number of ether oxygens (including phenoxy) is 1. The lowest BCUT2D eigenvalue weighted by Gasteiger charge is -2.24. The predicted octanol–water partition coefficient (Wildman–Crippen LogP) is 5.21. The molecule has 0 radical (unpaired) electrons. The molecular formula is C24H32N4O. The molecule has 4 rings (SSSR count). The molecule has 0 saturated heterocycles. The zero-order chi connectivity index (χ0) is 20.5. The smallest absolute Gasteiger partial charge is 0.164 e. The first-order valence-corrected chi connectivity index (χ1v) is 10.8. The Morgan fingerprint density at radius 3 is 2.66 bits per heavy atom. The highest BCUT2D eigenvalue weighted by molar-refractivity contribution is 5.85. The topological polar surface area (TPSA) is 42.7 Å². The number of hydrogen-bond acceptors (Lipinski definition) is 4. The van der Waals surface area contributed by atoms with Gasteiger partial charge in [-0.2, -0.15) is 9.61 Å². The van der Waals surface area contributed by atoms with Gasteiger partial charge in [-0.1, -0.05) is 19.9 Å². The van der Waals surface area contributed by atoms with Crippen molar-refractivity contribution in [1.29, 1.82) is 0 Å². The van der Waals surface area contributed by atoms with E-state index in [-0.39, 0.29) is 0 Å². The van der Waals surface area contributed by atoms with Gasteiger partial charge < -0.3 is 9.64 Å². The monoisotopic (exact) mass is 392 g/mol. The van der Waals surface area contributed by atoms with Crippen LogP contribution in [0.25, 0.3) is 16.8 Å². The van der Waals surface area contributed by atoms with Crippen LogP contribution in [-0.4, -0.2) is 34.8 Å². The van der Waals surface area contributed by atoms with Crippen LogP contribution in [0.2, 0.25) is 0 Å². The minimum absolute atomic E-state index is 0.819. The van der Waals surface area contributed by atoms with Gasteiger partial charge in [0.25, 0.3) is 0 Å². The van der Waals surface area contributed by atoms with Gasteiger partial charge in [0, 0.05) is 30.4 Å². The van der Waals surface area contributed by atoms with E-state index in [1.165, 1.54) is 29.8 Å². The van der Waals surface area contributed by atoms with Gasteiger partial charge in [-0.05, 0) is 68.7 Å². The summed E-state index contributed by atoms with van der Waals surface area (Å²) in [5.41, 5.74) is 6.63. The van der Waals surface area contributed by atoms with Gasteiger partial charge in [0.2, 0.25) is 0 Å². The summed E-state index contributed by atoms with van der Waals surface area (Å²) in [5.74, 6) is 2.88. The van der Waals surface area contributed by atoms with Gasteiger partial charge in [0.05, 0.1) is 12.8 Å². The molecule has 0 unspecified atom stereocenters. The summed E-state index contributed by atoms with van der Waals surface area (Å²) in [7, 11) is 1.74. The summed E-state index contributed by atoms with van der Waals surface area (Å²) in [4.78, 5) is 7.59. The van der Waals surface area contributed by atoms with Gasteiger partial charge in [-0.15, -0.1) is 0 Å². The summed E-state index contributed by atoms with van der Waals surface area (Å²) in [5, 5.41) is 4.74. The summed E-state index contributed by atoms with van der Waals surface area (Å²) in [6.45, 7) is 10.8. The molecule has 2 heterocycles. The third-order valence-electron chi connectivity index (χ3n) is 5.80. The molecule has 1 aliphatic rings. The SMILES string of the molecule is CCCN(CC1CC1)c1c(CC)nc2c(-c3c(C)cc(C)cc3OC)ccnn12. The second-order valence-electron chi connectivity index (χ2n) is 8.26. The highest BCUT2D eigenvalue weighted by atomic mass is 16.5. The quantitative estimate of drug-likeness (QED) is 0.528. The predicted molar refractivity (Wildman–Crippen MR) is 119 cm³/mol. The van der Waals surface area contributed by atoms with Gasteiger partial charge in [0.15, 0.2) is 11.5 Å². The van der Waals surface area contributed by atoms with E-state index in [9.17, 15) is 0 Å². The number of methoxy groups -OCH3 is 1. The first-order valence-electron chi connectivity index (χ1n) is 10.8. The zero-order valence-electron chi connectivity index (χ0n) is 18.3. The van der Waals surface area contributed by atoms with E-state index in [0.29, 0.717) is 0 Å². The van der Waals surface area contributed by atoms with Crippen molar-refractivity contribution in [3.05, 3.63) is 41.2 Å². The molecule has 0 N–H and O–H groups in total. The van der Waals surface area contributed by atoms with Crippen LogP contribution in [0.4, 0.5) is 5.82 Å². The molecule has 0 amide bonds. The maximum atomic E-state index is 5.75. The number of nitrogens with zero attached hydrogens (tertiary/aromatic N) is 4. The molecule has 29 heavy (non-hydrogen) atoms. The van der Waals surface area contributed by atoms with Crippen molar-refractivity contribution in [3.8, 4) is 16.9 Å². The number of anilines is 1. The van der Waals surface area contributed by atoms with E-state index >= 15 is 0 Å². The van der Waals surface area contributed by atoms with Crippen LogP contribution < -0.4 is 9.64 Å². The summed E-state index contributed by atoms with van der Waals surface area (Å²) >= 11 is 0. The highest BCUT2D eigenvalue weighted by Gasteiger charge is 2.28. The fourth-order valence-electron chi connectivity index (χ4n) is 4.33. The zero-order valence-corrected chi connectivity index (χ0v) is 18.3. The van der Waals surface area contributed by atoms with Crippen LogP contribution in [0.1, 0.15) is 49.9 Å². The maximum Gasteiger partial charge on any atom is 0.164 e. The Labute approximate surface area is 173 Å². The second kappa shape index (κ2) is 8.05. The molecule has 5 heteroatoms. The lowest BCUT2D eigenvalue weighted by atomic mass is 9.98. The largest absolute Gasteiger partial charge is 0.496 e. The van der Waals surface area contributed by atoms with Crippen molar-refractivity contribution in [2.45, 2.75) is 53.4 Å². The van der Waals surface area contributed by atoms with Crippen LogP contribution in [-0.2, 0) is 6.42 Å². The van der Waals surface area contributed by atoms with Gasteiger partial charge in [-0.3, -0.25) is 0 Å². The summed E-state index contributed by atoms with van der Waals surface area (Å²) in [6, 6.07) is 6.37. The number of aryl methyl sites for hydroxylation is 3. The summed E-state index contributed by atoms with van der Waals surface area (Å²) in [6.07, 6.45) is 6.60. The second-order valence-corrected chi connectivity index (χ2v) is 8.26. The highest BCUT2D eigenvalue weighted by Crippen LogP contribution is 2.38. The first kappa shape index (κ1) is 19.7. The van der Waals surface area contributed by atoms with Crippen molar-refractivity contribution >= 4 is 11.5 Å². The molecule has 0 atom stereocenters. The Morgan fingerprint density at radius 1 is 1.21 bits per heavy atom. The molecule has 1 saturated carbocycles. The van der Waals surface area contributed by atoms with Crippen LogP contribution >= 0.6 is 0 Å². The molecule has 0 bridgehead atoms. The molecular weight excluding hydrogens is 360 g/mol. The fourth-order valence-corrected chi connectivity index (χ4v) is 4.33. The lowest BCUT2D eigenvalue weighted by molar-refractivity contribution is 0.416. The van der Waals surface area contributed by atoms with E-state index in [2.05, 4.69) is 55.3 Å². The van der Waals surface area contributed by atoms with Crippen molar-refractivity contribution in [3.63, 3.8) is 0 Å². The fraction of sp³-hybridized carbons (Fsp3) is 0.500. The van der Waals surface area contributed by atoms with Crippen molar-refractivity contribution in [2.24, 2.45) is 5.92 Å². The Bertz CT molecular complexity index is 1020. The average Bonchev–Trinajstić information content (AvgIpc) is 3.44. The first-order chi connectivity index (χ1) is 14.1. The Balaban J connectivity index is 1.92. The van der Waals surface area contributed by atoms with Crippen molar-refractivity contribution in [2.75, 3.05) is 25.1 Å². The average molecular weight is 393 g/mol. The Kier molecular flexibility index (Phi) is 5.48. The molecule has 3 aromatic rings. The Morgan fingerprint density at radius 2 is 2.00 bits per heavy atom. The van der Waals surface area contributed by atoms with E-state index in [1.54, 1.807) is 7.11 Å². The summed E-state index contributed by atoms with van der Waals surface area (Å²) < 4.78 is 7.81. The molecule has 154 valence electrons. The van der Waals surface area contributed by atoms with Crippen LogP contribution in [0.3, 0.4) is 0 Å². The van der Waals surface area contributed by atoms with E-state index in [4.69, 9.17) is 14.8 Å². The van der Waals surface area contributed by atoms with E-state index in [0.717, 1.165) is 60.1 Å². The molecule has 1 aliphatic carbocycles. The van der Waals surface area contributed by atoms with Gasteiger partial charge in [0.1, 0.15) is 5.75 Å². The molecule has 0 spiro atoms. The van der Waals surface area contributed by atoms with Crippen LogP contribution in [0.15, 0.2) is 24.4 Å². The van der Waals surface area contributed by atoms with E-state index in [1.807, 2.05) is 6.20 Å². The van der Waals surface area contributed by atoms with Crippen LogP contribution in [0.5, 0.6) is 5.75 Å². The number of imidazole rings is 1. The van der Waals surface area contributed by atoms with Gasteiger partial charge >= 0.3 is 0 Å². The number of benzene rings is 1. The van der Waals surface area contributed by atoms with E-state index < -0.39 is 0 Å². The minimum Gasteiger partial charge on any atom is -0.496 e. The number of rotatable bonds is 8. The third-order valence-corrected chi connectivity index (χ3v) is 5.80. The van der Waals surface area contributed by atoms with Crippen molar-refractivity contribution < 1.29 is 4.74 Å². The standard InChI is InChI=1S/C24H32N4O/c1-6-12-27(15-18-8-9-18)24-20(7-2)26-23-19(10-11-25-28(23)24)22-17(4)13-16(3)14-21(22)29-5/h10-11,13-14,18H,6-9,12,15H2,1-5H3. The lowest BCUT2D eigenvalue weighted by Crippen LogP contribution is -2.29. The molecule has 5 nitrogen and oxygen atoms in total. The van der Waals surface area contributed by atoms with Gasteiger partial charge in [-0.25, -0.2) is 4.98 Å². The Hall–Kier alpha value is -2.56. The normalized spacial score (nSPS) is 13.8. The molecule has 0 aliphatic heterocycles. The number of aromatic nitrogens is 3. The number of fused-ring (bicyclic) bond motifs is 1.